The summed E-state index contributed by atoms with van der Waals surface area (Å²) >= 11 is 0. The zero-order valence-electron chi connectivity index (χ0n) is 8.40. The molecular formula is C10H20O. The molecule has 1 nitrogen and oxygen atoms in total. The fourth-order valence-corrected chi connectivity index (χ4v) is 1.60. The minimum atomic E-state index is -0.122. The molecule has 11 heavy (non-hydrogen) atoms. The van der Waals surface area contributed by atoms with Crippen molar-refractivity contribution in [2.45, 2.75) is 47.5 Å². The summed E-state index contributed by atoms with van der Waals surface area (Å²) in [6.07, 6.45) is 2.20. The zero-order valence-corrected chi connectivity index (χ0v) is 8.40. The van der Waals surface area contributed by atoms with Crippen molar-refractivity contribution >= 4 is 5.78 Å². The molecule has 0 saturated carbocycles. The van der Waals surface area contributed by atoms with Gasteiger partial charge in [-0.05, 0) is 12.8 Å². The second-order valence-electron chi connectivity index (χ2n) is 3.79. The maximum atomic E-state index is 11.2. The van der Waals surface area contributed by atoms with E-state index in [1.807, 2.05) is 13.8 Å². The van der Waals surface area contributed by atoms with Crippen LogP contribution in [0.2, 0.25) is 0 Å². The Morgan fingerprint density at radius 2 is 1.64 bits per heavy atom. The van der Waals surface area contributed by atoms with E-state index in [2.05, 4.69) is 13.8 Å². The van der Waals surface area contributed by atoms with E-state index in [0.29, 0.717) is 11.7 Å². The minimum Gasteiger partial charge on any atom is -0.299 e. The second kappa shape index (κ2) is 3.89. The largest absolute Gasteiger partial charge is 0.299 e. The Bertz CT molecular complexity index is 132. The first-order valence-corrected chi connectivity index (χ1v) is 4.47. The lowest BCUT2D eigenvalue weighted by Gasteiger charge is -2.30. The Balaban J connectivity index is 4.36. The van der Waals surface area contributed by atoms with Crippen LogP contribution in [0.4, 0.5) is 0 Å². The van der Waals surface area contributed by atoms with Crippen molar-refractivity contribution in [2.75, 3.05) is 0 Å². The molecule has 66 valence electrons. The average Bonchev–Trinajstić information content (AvgIpc) is 1.89. The average molecular weight is 156 g/mol. The van der Waals surface area contributed by atoms with Gasteiger partial charge in [-0.1, -0.05) is 40.5 Å². The van der Waals surface area contributed by atoms with Gasteiger partial charge < -0.3 is 0 Å². The number of carbonyl (C=O) groups is 1. The van der Waals surface area contributed by atoms with Gasteiger partial charge in [-0.3, -0.25) is 4.79 Å². The predicted octanol–water partition coefficient (Wildman–Crippen LogP) is 3.04. The maximum absolute atomic E-state index is 11.2. The topological polar surface area (TPSA) is 17.1 Å². The van der Waals surface area contributed by atoms with E-state index in [0.717, 1.165) is 12.8 Å². The van der Waals surface area contributed by atoms with Gasteiger partial charge in [0.15, 0.2) is 0 Å². The van der Waals surface area contributed by atoms with Crippen LogP contribution in [0.15, 0.2) is 0 Å². The fourth-order valence-electron chi connectivity index (χ4n) is 1.60. The molecule has 0 spiro atoms. The molecule has 0 rings (SSSR count). The summed E-state index contributed by atoms with van der Waals surface area (Å²) in [6.45, 7) is 10.1. The van der Waals surface area contributed by atoms with Crippen molar-refractivity contribution in [3.63, 3.8) is 0 Å². The lowest BCUT2D eigenvalue weighted by molar-refractivity contribution is -0.127. The van der Waals surface area contributed by atoms with Crippen LogP contribution >= 0.6 is 0 Å². The van der Waals surface area contributed by atoms with Gasteiger partial charge in [-0.25, -0.2) is 0 Å². The molecule has 0 aliphatic carbocycles. The molecule has 1 heteroatoms. The van der Waals surface area contributed by atoms with Gasteiger partial charge in [0.05, 0.1) is 0 Å². The standard InChI is InChI=1S/C10H20O/c1-6-9(7-2)10(4,5)8(3)11/h9H,6-7H2,1-5H3. The Morgan fingerprint density at radius 1 is 1.27 bits per heavy atom. The van der Waals surface area contributed by atoms with E-state index >= 15 is 0 Å². The third kappa shape index (κ3) is 2.32. The highest BCUT2D eigenvalue weighted by atomic mass is 16.1. The van der Waals surface area contributed by atoms with E-state index in [-0.39, 0.29) is 5.41 Å². The Hall–Kier alpha value is -0.330. The van der Waals surface area contributed by atoms with Crippen molar-refractivity contribution in [3.05, 3.63) is 0 Å². The van der Waals surface area contributed by atoms with E-state index < -0.39 is 0 Å². The number of hydrogen-bond donors (Lipinski definition) is 0. The van der Waals surface area contributed by atoms with Gasteiger partial charge in [0, 0.05) is 5.41 Å². The Kier molecular flexibility index (Phi) is 3.77. The highest BCUT2D eigenvalue weighted by molar-refractivity contribution is 5.81. The molecule has 0 aromatic heterocycles. The molecule has 0 bridgehead atoms. The van der Waals surface area contributed by atoms with Gasteiger partial charge in [0.1, 0.15) is 5.78 Å². The summed E-state index contributed by atoms with van der Waals surface area (Å²) in [6, 6.07) is 0. The number of ketones is 1. The van der Waals surface area contributed by atoms with Crippen molar-refractivity contribution in [2.24, 2.45) is 11.3 Å². The van der Waals surface area contributed by atoms with Crippen LogP contribution in [0.5, 0.6) is 0 Å². The van der Waals surface area contributed by atoms with Gasteiger partial charge in [-0.15, -0.1) is 0 Å². The van der Waals surface area contributed by atoms with Crippen molar-refractivity contribution in [1.82, 2.24) is 0 Å². The summed E-state index contributed by atoms with van der Waals surface area (Å²) in [7, 11) is 0. The highest BCUT2D eigenvalue weighted by Gasteiger charge is 2.30. The highest BCUT2D eigenvalue weighted by Crippen LogP contribution is 2.32. The van der Waals surface area contributed by atoms with Crippen LogP contribution in [0.1, 0.15) is 47.5 Å². The Labute approximate surface area is 70.2 Å². The predicted molar refractivity (Wildman–Crippen MR) is 48.5 cm³/mol. The molecule has 0 heterocycles. The van der Waals surface area contributed by atoms with Crippen molar-refractivity contribution < 1.29 is 4.79 Å². The van der Waals surface area contributed by atoms with Crippen LogP contribution in [-0.2, 0) is 4.79 Å². The first-order chi connectivity index (χ1) is 4.96. The van der Waals surface area contributed by atoms with Crippen molar-refractivity contribution in [1.29, 1.82) is 0 Å². The SMILES string of the molecule is CCC(CC)C(C)(C)C(C)=O. The lowest BCUT2D eigenvalue weighted by atomic mass is 9.73. The second-order valence-corrected chi connectivity index (χ2v) is 3.79. The number of hydrogen-bond acceptors (Lipinski definition) is 1. The fraction of sp³-hybridized carbons (Fsp3) is 0.900. The van der Waals surface area contributed by atoms with Gasteiger partial charge in [0.2, 0.25) is 0 Å². The molecule has 0 N–H and O–H groups in total. The first-order valence-electron chi connectivity index (χ1n) is 4.47. The molecule has 0 radical (unpaired) electrons. The molecule has 0 aliphatic heterocycles. The van der Waals surface area contributed by atoms with Gasteiger partial charge in [0.25, 0.3) is 0 Å². The van der Waals surface area contributed by atoms with E-state index in [9.17, 15) is 4.79 Å². The van der Waals surface area contributed by atoms with Crippen LogP contribution in [0, 0.1) is 11.3 Å². The Morgan fingerprint density at radius 3 is 1.73 bits per heavy atom. The van der Waals surface area contributed by atoms with Crippen LogP contribution in [-0.4, -0.2) is 5.78 Å². The van der Waals surface area contributed by atoms with Crippen LogP contribution in [0.25, 0.3) is 0 Å². The number of rotatable bonds is 4. The molecule has 0 amide bonds. The lowest BCUT2D eigenvalue weighted by Crippen LogP contribution is -2.30. The molecule has 0 aromatic rings. The molecule has 0 saturated heterocycles. The molecular weight excluding hydrogens is 136 g/mol. The number of Topliss-reactive ketones (excluding diaryl/α,β-unsaturated/α-hetero) is 1. The molecule has 0 aromatic carbocycles. The van der Waals surface area contributed by atoms with Gasteiger partial charge >= 0.3 is 0 Å². The molecule has 0 aliphatic rings. The van der Waals surface area contributed by atoms with Crippen molar-refractivity contribution in [3.8, 4) is 0 Å². The monoisotopic (exact) mass is 156 g/mol. The summed E-state index contributed by atoms with van der Waals surface area (Å²) in [4.78, 5) is 11.2. The maximum Gasteiger partial charge on any atom is 0.135 e. The summed E-state index contributed by atoms with van der Waals surface area (Å²) < 4.78 is 0. The third-order valence-corrected chi connectivity index (χ3v) is 2.91. The molecule has 0 unspecified atom stereocenters. The zero-order chi connectivity index (χ0) is 9.07. The smallest absolute Gasteiger partial charge is 0.135 e. The molecule has 0 atom stereocenters. The third-order valence-electron chi connectivity index (χ3n) is 2.91. The summed E-state index contributed by atoms with van der Waals surface area (Å²) in [5.41, 5.74) is -0.122. The minimum absolute atomic E-state index is 0.122. The van der Waals surface area contributed by atoms with E-state index in [1.165, 1.54) is 0 Å². The summed E-state index contributed by atoms with van der Waals surface area (Å²) in [5.74, 6) is 0.853. The number of carbonyl (C=O) groups excluding carboxylic acids is 1. The summed E-state index contributed by atoms with van der Waals surface area (Å²) in [5, 5.41) is 0. The van der Waals surface area contributed by atoms with E-state index in [4.69, 9.17) is 0 Å². The van der Waals surface area contributed by atoms with Gasteiger partial charge in [-0.2, -0.15) is 0 Å². The van der Waals surface area contributed by atoms with Crippen LogP contribution in [0.3, 0.4) is 0 Å². The first kappa shape index (κ1) is 10.7. The van der Waals surface area contributed by atoms with E-state index in [1.54, 1.807) is 6.92 Å². The molecule has 0 fully saturated rings. The quantitative estimate of drug-likeness (QED) is 0.611. The normalized spacial score (nSPS) is 12.2. The van der Waals surface area contributed by atoms with Crippen LogP contribution < -0.4 is 0 Å².